The lowest BCUT2D eigenvalue weighted by Gasteiger charge is -2.15. The van der Waals surface area contributed by atoms with Crippen molar-refractivity contribution in [2.75, 3.05) is 7.11 Å². The summed E-state index contributed by atoms with van der Waals surface area (Å²) < 4.78 is 11.5. The molecule has 1 aliphatic heterocycles. The number of nitrogens with zero attached hydrogens (tertiary/aromatic N) is 1. The summed E-state index contributed by atoms with van der Waals surface area (Å²) in [7, 11) is 1.54. The van der Waals surface area contributed by atoms with Crippen LogP contribution < -0.4 is 9.47 Å². The van der Waals surface area contributed by atoms with Gasteiger partial charge in [0.15, 0.2) is 11.5 Å². The highest BCUT2D eigenvalue weighted by atomic mass is 35.5. The number of carbonyl (C=O) groups is 2. The van der Waals surface area contributed by atoms with Gasteiger partial charge in [0.25, 0.3) is 11.1 Å². The van der Waals surface area contributed by atoms with Crippen LogP contribution in [-0.4, -0.2) is 23.2 Å². The molecule has 1 saturated heterocycles. The second-order valence-corrected chi connectivity index (χ2v) is 9.50. The van der Waals surface area contributed by atoms with Crippen LogP contribution in [0.2, 0.25) is 10.0 Å². The van der Waals surface area contributed by atoms with Crippen molar-refractivity contribution in [2.45, 2.75) is 20.1 Å². The molecule has 0 saturated carbocycles. The number of aryl methyl sites for hydroxylation is 1. The van der Waals surface area contributed by atoms with Crippen LogP contribution >= 0.6 is 35.0 Å². The predicted octanol–water partition coefficient (Wildman–Crippen LogP) is 7.13. The van der Waals surface area contributed by atoms with Crippen LogP contribution in [0.1, 0.15) is 22.3 Å². The third-order valence-corrected chi connectivity index (χ3v) is 6.69. The van der Waals surface area contributed by atoms with E-state index >= 15 is 0 Å². The molecule has 4 rings (SSSR count). The minimum Gasteiger partial charge on any atom is -0.493 e. The first kappa shape index (κ1) is 24.2. The molecule has 1 aliphatic rings. The van der Waals surface area contributed by atoms with Crippen LogP contribution in [0.25, 0.3) is 6.08 Å². The molecule has 0 N–H and O–H groups in total. The summed E-state index contributed by atoms with van der Waals surface area (Å²) in [6.45, 7) is 2.37. The van der Waals surface area contributed by atoms with Crippen molar-refractivity contribution in [3.63, 3.8) is 0 Å². The van der Waals surface area contributed by atoms with Gasteiger partial charge in [-0.15, -0.1) is 0 Å². The lowest BCUT2D eigenvalue weighted by atomic mass is 10.1. The molecule has 34 heavy (non-hydrogen) atoms. The summed E-state index contributed by atoms with van der Waals surface area (Å²) in [5.41, 5.74) is 3.33. The van der Waals surface area contributed by atoms with Gasteiger partial charge in [-0.1, -0.05) is 71.2 Å². The molecule has 5 nitrogen and oxygen atoms in total. The number of thioether (sulfide) groups is 1. The second kappa shape index (κ2) is 10.6. The molecule has 0 spiro atoms. The minimum absolute atomic E-state index is 0.173. The first-order valence-electron chi connectivity index (χ1n) is 10.4. The molecular weight excluding hydrogens is 493 g/mol. The average Bonchev–Trinajstić information content (AvgIpc) is 3.06. The van der Waals surface area contributed by atoms with E-state index in [0.717, 1.165) is 28.5 Å². The van der Waals surface area contributed by atoms with Crippen LogP contribution in [0.15, 0.2) is 65.6 Å². The zero-order valence-electron chi connectivity index (χ0n) is 18.5. The Balaban J connectivity index is 1.59. The summed E-state index contributed by atoms with van der Waals surface area (Å²) in [4.78, 5) is 27.2. The number of amides is 2. The number of carbonyl (C=O) groups excluding carboxylic acids is 2. The first-order valence-corrected chi connectivity index (χ1v) is 12.0. The normalized spacial score (nSPS) is 14.7. The molecule has 3 aromatic carbocycles. The van der Waals surface area contributed by atoms with Crippen molar-refractivity contribution in [2.24, 2.45) is 0 Å². The fraction of sp³-hybridized carbons (Fsp3) is 0.154. The number of methoxy groups -OCH3 is 1. The number of hydrogen-bond acceptors (Lipinski definition) is 5. The number of halogens is 2. The van der Waals surface area contributed by atoms with Crippen LogP contribution in [0.3, 0.4) is 0 Å². The van der Waals surface area contributed by atoms with Crippen molar-refractivity contribution < 1.29 is 19.1 Å². The molecule has 2 amide bonds. The molecule has 0 unspecified atom stereocenters. The number of para-hydroxylation sites is 1. The quantitative estimate of drug-likeness (QED) is 0.314. The number of benzene rings is 3. The van der Waals surface area contributed by atoms with Crippen molar-refractivity contribution in [3.05, 3.63) is 97.9 Å². The predicted molar refractivity (Wildman–Crippen MR) is 136 cm³/mol. The Kier molecular flexibility index (Phi) is 7.51. The summed E-state index contributed by atoms with van der Waals surface area (Å²) in [6.07, 6.45) is 1.66. The Hall–Kier alpha value is -2.93. The number of rotatable bonds is 7. The van der Waals surface area contributed by atoms with Gasteiger partial charge in [0.1, 0.15) is 6.61 Å². The average molecular weight is 514 g/mol. The van der Waals surface area contributed by atoms with E-state index in [1.54, 1.807) is 42.5 Å². The molecule has 174 valence electrons. The zero-order chi connectivity index (χ0) is 24.2. The van der Waals surface area contributed by atoms with Crippen LogP contribution in [0, 0.1) is 6.92 Å². The van der Waals surface area contributed by atoms with Gasteiger partial charge in [-0.2, -0.15) is 0 Å². The van der Waals surface area contributed by atoms with E-state index in [-0.39, 0.29) is 24.3 Å². The Morgan fingerprint density at radius 3 is 2.56 bits per heavy atom. The van der Waals surface area contributed by atoms with E-state index in [9.17, 15) is 9.59 Å². The van der Waals surface area contributed by atoms with Crippen LogP contribution in [0.5, 0.6) is 11.5 Å². The molecule has 0 aliphatic carbocycles. The molecule has 0 radical (unpaired) electrons. The van der Waals surface area contributed by atoms with Crippen LogP contribution in [0.4, 0.5) is 4.79 Å². The molecule has 0 bridgehead atoms. The fourth-order valence-corrected chi connectivity index (χ4v) is 4.81. The van der Waals surface area contributed by atoms with Gasteiger partial charge in [-0.25, -0.2) is 0 Å². The highest BCUT2D eigenvalue weighted by molar-refractivity contribution is 8.18. The van der Waals surface area contributed by atoms with Gasteiger partial charge >= 0.3 is 0 Å². The lowest BCUT2D eigenvalue weighted by molar-refractivity contribution is -0.123. The third kappa shape index (κ3) is 5.41. The number of imide groups is 1. The van der Waals surface area contributed by atoms with Crippen molar-refractivity contribution in [3.8, 4) is 11.5 Å². The van der Waals surface area contributed by atoms with Gasteiger partial charge in [-0.3, -0.25) is 14.5 Å². The summed E-state index contributed by atoms with van der Waals surface area (Å²) in [5, 5.41) is 0.713. The maximum atomic E-state index is 13.0. The van der Waals surface area contributed by atoms with Crippen molar-refractivity contribution in [1.29, 1.82) is 0 Å². The molecule has 0 atom stereocenters. The van der Waals surface area contributed by atoms with Crippen molar-refractivity contribution in [1.82, 2.24) is 4.90 Å². The molecule has 8 heteroatoms. The van der Waals surface area contributed by atoms with Gasteiger partial charge < -0.3 is 9.47 Å². The maximum absolute atomic E-state index is 13.0. The standard InChI is InChI=1S/C26H21Cl2NO4S/c1-16-5-3-6-17(11-16)14-29-25(30)23(34-26(29)31)12-18-7-4-8-22(32-2)24(18)33-15-19-9-10-20(27)13-21(19)28/h3-13H,14-15H2,1-2H3/b23-12-. The molecular formula is C26H21Cl2NO4S. The Morgan fingerprint density at radius 2 is 1.82 bits per heavy atom. The second-order valence-electron chi connectivity index (χ2n) is 7.66. The fourth-order valence-electron chi connectivity index (χ4n) is 3.52. The zero-order valence-corrected chi connectivity index (χ0v) is 20.8. The van der Waals surface area contributed by atoms with E-state index in [2.05, 4.69) is 0 Å². The van der Waals surface area contributed by atoms with E-state index in [4.69, 9.17) is 32.7 Å². The van der Waals surface area contributed by atoms with Crippen LogP contribution in [-0.2, 0) is 17.9 Å². The maximum Gasteiger partial charge on any atom is 0.293 e. The molecule has 1 fully saturated rings. The monoisotopic (exact) mass is 513 g/mol. The highest BCUT2D eigenvalue weighted by Crippen LogP contribution is 2.38. The van der Waals surface area contributed by atoms with E-state index in [1.807, 2.05) is 31.2 Å². The van der Waals surface area contributed by atoms with Gasteiger partial charge in [0.05, 0.1) is 18.6 Å². The topological polar surface area (TPSA) is 55.8 Å². The van der Waals surface area contributed by atoms with E-state index < -0.39 is 0 Å². The Labute approximate surface area is 212 Å². The third-order valence-electron chi connectivity index (χ3n) is 5.20. The Morgan fingerprint density at radius 1 is 1.03 bits per heavy atom. The number of ether oxygens (including phenoxy) is 2. The van der Waals surface area contributed by atoms with Gasteiger partial charge in [0, 0.05) is 21.2 Å². The van der Waals surface area contributed by atoms with Gasteiger partial charge in [-0.05, 0) is 48.5 Å². The molecule has 0 aromatic heterocycles. The highest BCUT2D eigenvalue weighted by Gasteiger charge is 2.35. The summed E-state index contributed by atoms with van der Waals surface area (Å²) in [6, 6.07) is 18.3. The van der Waals surface area contributed by atoms with Gasteiger partial charge in [0.2, 0.25) is 0 Å². The lowest BCUT2D eigenvalue weighted by Crippen LogP contribution is -2.27. The Bertz CT molecular complexity index is 1290. The minimum atomic E-state index is -0.342. The van der Waals surface area contributed by atoms with E-state index in [1.165, 1.54) is 12.0 Å². The SMILES string of the molecule is COc1cccc(/C=C2\SC(=O)N(Cc3cccc(C)c3)C2=O)c1OCc1ccc(Cl)cc1Cl. The summed E-state index contributed by atoms with van der Waals surface area (Å²) in [5.74, 6) is 0.602. The summed E-state index contributed by atoms with van der Waals surface area (Å²) >= 11 is 13.2. The molecule has 1 heterocycles. The smallest absolute Gasteiger partial charge is 0.293 e. The molecule has 3 aromatic rings. The van der Waals surface area contributed by atoms with Crippen molar-refractivity contribution >= 4 is 52.2 Å². The first-order chi connectivity index (χ1) is 16.4. The largest absolute Gasteiger partial charge is 0.493 e. The number of hydrogen-bond donors (Lipinski definition) is 0. The van der Waals surface area contributed by atoms with E-state index in [0.29, 0.717) is 32.0 Å².